The van der Waals surface area contributed by atoms with Gasteiger partial charge in [-0.15, -0.1) is 28.6 Å². The van der Waals surface area contributed by atoms with Crippen LogP contribution in [-0.2, 0) is 0 Å². The van der Waals surface area contributed by atoms with Crippen LogP contribution in [0.1, 0.15) is 13.8 Å². The van der Waals surface area contributed by atoms with Gasteiger partial charge in [-0.3, -0.25) is 0 Å². The van der Waals surface area contributed by atoms with Crippen molar-refractivity contribution in [2.24, 2.45) is 0 Å². The fourth-order valence-corrected chi connectivity index (χ4v) is 0.649. The summed E-state index contributed by atoms with van der Waals surface area (Å²) in [4.78, 5) is 0. The Kier molecular flexibility index (Phi) is 17.6. The van der Waals surface area contributed by atoms with Gasteiger partial charge in [-0.25, -0.2) is 0 Å². The molecule has 0 aromatic heterocycles. The van der Waals surface area contributed by atoms with Gasteiger partial charge in [0.1, 0.15) is 0 Å². The van der Waals surface area contributed by atoms with Gasteiger partial charge in [-0.2, -0.15) is 35.9 Å². The Morgan fingerprint density at radius 1 is 1.36 bits per heavy atom. The van der Waals surface area contributed by atoms with Crippen molar-refractivity contribution in [3.05, 3.63) is 34.3 Å². The molecular formula is C9H12BrCl2MgO+. The van der Waals surface area contributed by atoms with Crippen LogP contribution in [0.4, 0.5) is 0 Å². The molecule has 0 aliphatic carbocycles. The SMILES string of the molecule is Br.CC(C)O.Clc1[c-]cccc1Cl.[Mg+2]. The first-order valence-corrected chi connectivity index (χ1v) is 4.29. The Morgan fingerprint density at radius 2 is 1.79 bits per heavy atom. The fourth-order valence-electron chi connectivity index (χ4n) is 0.396. The Morgan fingerprint density at radius 3 is 2.00 bits per heavy atom. The van der Waals surface area contributed by atoms with E-state index in [0.717, 1.165) is 0 Å². The van der Waals surface area contributed by atoms with Gasteiger partial charge in [0.05, 0.1) is 0 Å². The zero-order valence-electron chi connectivity index (χ0n) is 8.13. The van der Waals surface area contributed by atoms with Crippen molar-refractivity contribution in [3.8, 4) is 0 Å². The van der Waals surface area contributed by atoms with Gasteiger partial charge in [0, 0.05) is 6.10 Å². The van der Waals surface area contributed by atoms with E-state index in [1.54, 1.807) is 32.0 Å². The molecule has 0 fully saturated rings. The predicted molar refractivity (Wildman–Crippen MR) is 68.7 cm³/mol. The molecule has 0 amide bonds. The summed E-state index contributed by atoms with van der Waals surface area (Å²) in [5.74, 6) is 0. The zero-order valence-corrected chi connectivity index (χ0v) is 12.8. The molecule has 1 nitrogen and oxygen atoms in total. The maximum Gasteiger partial charge on any atom is 2.00 e. The minimum atomic E-state index is -0.167. The second-order valence-corrected chi connectivity index (χ2v) is 3.21. The summed E-state index contributed by atoms with van der Waals surface area (Å²) < 4.78 is 0. The molecule has 1 aromatic rings. The van der Waals surface area contributed by atoms with Crippen molar-refractivity contribution in [1.82, 2.24) is 0 Å². The fraction of sp³-hybridized carbons (Fsp3) is 0.333. The zero-order chi connectivity index (χ0) is 9.56. The van der Waals surface area contributed by atoms with Gasteiger partial charge in [0.25, 0.3) is 0 Å². The Bertz CT molecular complexity index is 210. The standard InChI is InChI=1S/C6H3Cl2.C3H8O.BrH.Mg/c7-5-3-1-2-4-6(5)8;1-3(2)4;;/h1-3H;3-4H,1-2H3;1H;/q-1;;;+2. The summed E-state index contributed by atoms with van der Waals surface area (Å²) in [5.41, 5.74) is 0. The molecule has 0 saturated carbocycles. The minimum absolute atomic E-state index is 0. The maximum atomic E-state index is 8.06. The van der Waals surface area contributed by atoms with E-state index in [1.165, 1.54) is 0 Å². The third-order valence-electron chi connectivity index (χ3n) is 0.759. The van der Waals surface area contributed by atoms with Gasteiger partial charge in [-0.1, -0.05) is 10.0 Å². The van der Waals surface area contributed by atoms with Crippen LogP contribution in [0.2, 0.25) is 10.0 Å². The number of halogens is 3. The molecule has 0 heterocycles. The average molecular weight is 311 g/mol. The molecule has 76 valence electrons. The number of hydrogen-bond donors (Lipinski definition) is 1. The van der Waals surface area contributed by atoms with E-state index in [4.69, 9.17) is 28.3 Å². The quantitative estimate of drug-likeness (QED) is 0.575. The van der Waals surface area contributed by atoms with Crippen LogP contribution in [0.3, 0.4) is 0 Å². The molecule has 0 aliphatic heterocycles. The van der Waals surface area contributed by atoms with E-state index in [2.05, 4.69) is 6.07 Å². The Balaban J connectivity index is -0.000000180. The van der Waals surface area contributed by atoms with E-state index >= 15 is 0 Å². The van der Waals surface area contributed by atoms with Crippen molar-refractivity contribution < 1.29 is 5.11 Å². The molecule has 5 heteroatoms. The normalized spacial score (nSPS) is 7.86. The van der Waals surface area contributed by atoms with Gasteiger partial charge in [0.2, 0.25) is 0 Å². The molecule has 0 unspecified atom stereocenters. The summed E-state index contributed by atoms with van der Waals surface area (Å²) in [6.07, 6.45) is -0.167. The van der Waals surface area contributed by atoms with E-state index in [9.17, 15) is 0 Å². The number of aliphatic hydroxyl groups excluding tert-OH is 1. The summed E-state index contributed by atoms with van der Waals surface area (Å²) in [7, 11) is 0. The molecule has 0 atom stereocenters. The molecule has 1 aromatic carbocycles. The van der Waals surface area contributed by atoms with Crippen LogP contribution < -0.4 is 0 Å². The largest absolute Gasteiger partial charge is 2.00 e. The predicted octanol–water partition coefficient (Wildman–Crippen LogP) is 3.38. The van der Waals surface area contributed by atoms with Crippen LogP contribution in [0, 0.1) is 6.07 Å². The smallest absolute Gasteiger partial charge is 0.394 e. The van der Waals surface area contributed by atoms with Gasteiger partial charge in [-0.05, 0) is 13.8 Å². The monoisotopic (exact) mass is 309 g/mol. The number of rotatable bonds is 0. The second-order valence-electron chi connectivity index (χ2n) is 2.43. The molecule has 14 heavy (non-hydrogen) atoms. The van der Waals surface area contributed by atoms with Crippen LogP contribution >= 0.6 is 40.2 Å². The third-order valence-corrected chi connectivity index (χ3v) is 1.48. The first-order valence-electron chi connectivity index (χ1n) is 3.53. The second kappa shape index (κ2) is 12.1. The summed E-state index contributed by atoms with van der Waals surface area (Å²) >= 11 is 11.1. The summed E-state index contributed by atoms with van der Waals surface area (Å²) in [6, 6.07) is 7.96. The summed E-state index contributed by atoms with van der Waals surface area (Å²) in [5, 5.41) is 9.09. The summed E-state index contributed by atoms with van der Waals surface area (Å²) in [6.45, 7) is 3.44. The van der Waals surface area contributed by atoms with E-state index < -0.39 is 0 Å². The molecule has 0 aliphatic rings. The topological polar surface area (TPSA) is 20.2 Å². The number of aliphatic hydroxyl groups is 1. The number of hydrogen-bond acceptors (Lipinski definition) is 1. The van der Waals surface area contributed by atoms with Crippen molar-refractivity contribution >= 4 is 63.2 Å². The molecule has 1 N–H and O–H groups in total. The maximum absolute atomic E-state index is 8.06. The molecule has 1 rings (SSSR count). The van der Waals surface area contributed by atoms with Crippen LogP contribution in [0.5, 0.6) is 0 Å². The number of benzene rings is 1. The van der Waals surface area contributed by atoms with Crippen LogP contribution in [0.15, 0.2) is 18.2 Å². The molecule has 0 bridgehead atoms. The van der Waals surface area contributed by atoms with Crippen molar-refractivity contribution in [2.75, 3.05) is 0 Å². The van der Waals surface area contributed by atoms with Crippen molar-refractivity contribution in [3.63, 3.8) is 0 Å². The molecule has 0 saturated heterocycles. The Hall–Kier alpha value is 1.01. The van der Waals surface area contributed by atoms with Gasteiger partial charge < -0.3 is 5.11 Å². The molecule has 0 spiro atoms. The van der Waals surface area contributed by atoms with E-state index in [0.29, 0.717) is 10.0 Å². The van der Waals surface area contributed by atoms with E-state index in [-0.39, 0.29) is 46.1 Å². The van der Waals surface area contributed by atoms with Crippen molar-refractivity contribution in [1.29, 1.82) is 0 Å². The molecule has 0 radical (unpaired) electrons. The third kappa shape index (κ3) is 13.0. The van der Waals surface area contributed by atoms with Crippen LogP contribution in [0.25, 0.3) is 0 Å². The van der Waals surface area contributed by atoms with Gasteiger partial charge in [0.15, 0.2) is 0 Å². The van der Waals surface area contributed by atoms with E-state index in [1.807, 2.05) is 0 Å². The van der Waals surface area contributed by atoms with Crippen LogP contribution in [-0.4, -0.2) is 34.3 Å². The first kappa shape index (κ1) is 20.4. The first-order chi connectivity index (χ1) is 5.54. The Labute approximate surface area is 122 Å². The van der Waals surface area contributed by atoms with Crippen molar-refractivity contribution in [2.45, 2.75) is 20.0 Å². The van der Waals surface area contributed by atoms with Gasteiger partial charge >= 0.3 is 23.1 Å². The average Bonchev–Trinajstić information content (AvgIpc) is 1.94. The molecular weight excluding hydrogens is 299 g/mol. The minimum Gasteiger partial charge on any atom is -0.394 e.